The largest absolute Gasteiger partial charge is 0.490 e. The molecule has 1 atom stereocenters. The number of likely N-dealkylation sites (tertiary alicyclic amines) is 1. The lowest BCUT2D eigenvalue weighted by atomic mass is 9.88. The topological polar surface area (TPSA) is 84.7 Å². The lowest BCUT2D eigenvalue weighted by Crippen LogP contribution is -2.43. The van der Waals surface area contributed by atoms with Crippen molar-refractivity contribution < 1.29 is 14.5 Å². The number of halogens is 1. The SMILES string of the molecule is COc1cc(C(=O)N2CCC(C3CCCN3)CC2)ccc1[N+](=O)[O-].Cl. The number of hydrogen-bond donors (Lipinski definition) is 1. The molecule has 2 aliphatic heterocycles. The van der Waals surface area contributed by atoms with E-state index in [1.165, 1.54) is 38.2 Å². The maximum absolute atomic E-state index is 12.7. The summed E-state index contributed by atoms with van der Waals surface area (Å²) in [7, 11) is 1.37. The highest BCUT2D eigenvalue weighted by atomic mass is 35.5. The monoisotopic (exact) mass is 369 g/mol. The van der Waals surface area contributed by atoms with Gasteiger partial charge in [-0.25, -0.2) is 0 Å². The van der Waals surface area contributed by atoms with Crippen molar-refractivity contribution in [1.29, 1.82) is 0 Å². The second-order valence-electron chi connectivity index (χ2n) is 6.48. The van der Waals surface area contributed by atoms with Crippen LogP contribution in [0.4, 0.5) is 5.69 Å². The average molecular weight is 370 g/mol. The van der Waals surface area contributed by atoms with E-state index >= 15 is 0 Å². The molecule has 0 aliphatic carbocycles. The fourth-order valence-corrected chi connectivity index (χ4v) is 3.76. The fourth-order valence-electron chi connectivity index (χ4n) is 3.76. The maximum Gasteiger partial charge on any atom is 0.310 e. The maximum atomic E-state index is 12.7. The summed E-state index contributed by atoms with van der Waals surface area (Å²) in [6, 6.07) is 4.90. The number of nitrogens with zero attached hydrogens (tertiary/aromatic N) is 2. The zero-order chi connectivity index (χ0) is 17.1. The van der Waals surface area contributed by atoms with Crippen molar-refractivity contribution in [2.75, 3.05) is 26.7 Å². The zero-order valence-corrected chi connectivity index (χ0v) is 15.1. The second-order valence-corrected chi connectivity index (χ2v) is 6.48. The second kappa shape index (κ2) is 8.49. The molecular formula is C17H24ClN3O4. The Morgan fingerprint density at radius 1 is 1.32 bits per heavy atom. The van der Waals surface area contributed by atoms with Gasteiger partial charge < -0.3 is 15.0 Å². The Morgan fingerprint density at radius 3 is 2.60 bits per heavy atom. The molecule has 0 bridgehead atoms. The third-order valence-electron chi connectivity index (χ3n) is 5.12. The Labute approximate surface area is 153 Å². The molecule has 138 valence electrons. The summed E-state index contributed by atoms with van der Waals surface area (Å²) >= 11 is 0. The van der Waals surface area contributed by atoms with Gasteiger partial charge in [0, 0.05) is 36.8 Å². The summed E-state index contributed by atoms with van der Waals surface area (Å²) in [5, 5.41) is 14.5. The van der Waals surface area contributed by atoms with Crippen molar-refractivity contribution in [2.24, 2.45) is 5.92 Å². The van der Waals surface area contributed by atoms with E-state index in [9.17, 15) is 14.9 Å². The smallest absolute Gasteiger partial charge is 0.310 e. The summed E-state index contributed by atoms with van der Waals surface area (Å²) < 4.78 is 5.05. The number of carbonyl (C=O) groups is 1. The van der Waals surface area contributed by atoms with E-state index in [1.807, 2.05) is 4.90 Å². The Balaban J connectivity index is 0.00000225. The normalized spacial score (nSPS) is 20.8. The van der Waals surface area contributed by atoms with Crippen LogP contribution in [0.25, 0.3) is 0 Å². The molecule has 7 nitrogen and oxygen atoms in total. The molecule has 0 radical (unpaired) electrons. The molecule has 0 spiro atoms. The summed E-state index contributed by atoms with van der Waals surface area (Å²) in [6.45, 7) is 2.58. The van der Waals surface area contributed by atoms with Crippen LogP contribution in [0.5, 0.6) is 5.75 Å². The van der Waals surface area contributed by atoms with E-state index in [1.54, 1.807) is 0 Å². The van der Waals surface area contributed by atoms with Gasteiger partial charge in [0.1, 0.15) is 0 Å². The standard InChI is InChI=1S/C17H23N3O4.ClH/c1-24-16-11-13(4-5-15(16)20(22)23)17(21)19-9-6-12(7-10-19)14-3-2-8-18-14;/h4-5,11-12,14,18H,2-3,6-10H2,1H3;1H. The van der Waals surface area contributed by atoms with Gasteiger partial charge in [0.2, 0.25) is 0 Å². The number of piperidine rings is 1. The van der Waals surface area contributed by atoms with Crippen molar-refractivity contribution in [3.63, 3.8) is 0 Å². The van der Waals surface area contributed by atoms with E-state index in [0.717, 1.165) is 32.5 Å². The van der Waals surface area contributed by atoms with Gasteiger partial charge in [0.05, 0.1) is 12.0 Å². The summed E-state index contributed by atoms with van der Waals surface area (Å²) in [5.74, 6) is 0.680. The first-order valence-corrected chi connectivity index (χ1v) is 8.45. The van der Waals surface area contributed by atoms with E-state index in [-0.39, 0.29) is 29.8 Å². The minimum Gasteiger partial charge on any atom is -0.490 e. The van der Waals surface area contributed by atoms with Crippen LogP contribution < -0.4 is 10.1 Å². The third kappa shape index (κ3) is 4.22. The van der Waals surface area contributed by atoms with Crippen LogP contribution in [0.3, 0.4) is 0 Å². The number of benzene rings is 1. The molecule has 2 fully saturated rings. The number of nitrogens with one attached hydrogen (secondary N) is 1. The lowest BCUT2D eigenvalue weighted by Gasteiger charge is -2.35. The minimum absolute atomic E-state index is 0. The van der Waals surface area contributed by atoms with Gasteiger partial charge in [0.25, 0.3) is 5.91 Å². The molecule has 2 aliphatic rings. The predicted molar refractivity (Wildman–Crippen MR) is 96.5 cm³/mol. The molecule has 2 saturated heterocycles. The molecule has 0 saturated carbocycles. The first-order chi connectivity index (χ1) is 11.6. The Morgan fingerprint density at radius 2 is 2.04 bits per heavy atom. The average Bonchev–Trinajstić information content (AvgIpc) is 3.15. The van der Waals surface area contributed by atoms with Gasteiger partial charge in [-0.15, -0.1) is 12.4 Å². The van der Waals surface area contributed by atoms with E-state index < -0.39 is 4.92 Å². The molecule has 1 unspecified atom stereocenters. The van der Waals surface area contributed by atoms with Crippen LogP contribution in [0.1, 0.15) is 36.0 Å². The third-order valence-corrected chi connectivity index (χ3v) is 5.12. The number of rotatable bonds is 4. The van der Waals surface area contributed by atoms with Crippen LogP contribution in [0.15, 0.2) is 18.2 Å². The molecule has 1 aromatic rings. The minimum atomic E-state index is -0.507. The van der Waals surface area contributed by atoms with Gasteiger partial charge in [-0.05, 0) is 44.2 Å². The van der Waals surface area contributed by atoms with E-state index in [2.05, 4.69) is 5.32 Å². The highest BCUT2D eigenvalue weighted by Crippen LogP contribution is 2.30. The Bertz CT molecular complexity index is 626. The molecule has 1 aromatic carbocycles. The molecular weight excluding hydrogens is 346 g/mol. The van der Waals surface area contributed by atoms with Crippen molar-refractivity contribution in [3.05, 3.63) is 33.9 Å². The van der Waals surface area contributed by atoms with Crippen LogP contribution in [-0.4, -0.2) is 48.5 Å². The Hall–Kier alpha value is -1.86. The fraction of sp³-hybridized carbons (Fsp3) is 0.588. The quantitative estimate of drug-likeness (QED) is 0.651. The first kappa shape index (κ1) is 19.5. The van der Waals surface area contributed by atoms with Crippen LogP contribution in [0.2, 0.25) is 0 Å². The van der Waals surface area contributed by atoms with Crippen LogP contribution in [-0.2, 0) is 0 Å². The number of nitro benzene ring substituents is 1. The van der Waals surface area contributed by atoms with Crippen LogP contribution >= 0.6 is 12.4 Å². The molecule has 25 heavy (non-hydrogen) atoms. The molecule has 2 heterocycles. The summed E-state index contributed by atoms with van der Waals surface area (Å²) in [6.07, 6.45) is 4.49. The van der Waals surface area contributed by atoms with Gasteiger partial charge in [-0.2, -0.15) is 0 Å². The first-order valence-electron chi connectivity index (χ1n) is 8.45. The van der Waals surface area contributed by atoms with Crippen LogP contribution in [0, 0.1) is 16.0 Å². The van der Waals surface area contributed by atoms with Crippen molar-refractivity contribution in [1.82, 2.24) is 10.2 Å². The van der Waals surface area contributed by atoms with Gasteiger partial charge >= 0.3 is 5.69 Å². The highest BCUT2D eigenvalue weighted by molar-refractivity contribution is 5.95. The summed E-state index contributed by atoms with van der Waals surface area (Å²) in [4.78, 5) is 24.9. The van der Waals surface area contributed by atoms with Gasteiger partial charge in [-0.1, -0.05) is 0 Å². The molecule has 1 amide bonds. The molecule has 0 aromatic heterocycles. The number of methoxy groups -OCH3 is 1. The highest BCUT2D eigenvalue weighted by Gasteiger charge is 2.30. The zero-order valence-electron chi connectivity index (χ0n) is 14.3. The van der Waals surface area contributed by atoms with Crippen molar-refractivity contribution >= 4 is 24.0 Å². The number of nitro groups is 1. The summed E-state index contributed by atoms with van der Waals surface area (Å²) in [5.41, 5.74) is 0.315. The van der Waals surface area contributed by atoms with Crippen molar-refractivity contribution in [3.8, 4) is 5.75 Å². The number of amides is 1. The molecule has 1 N–H and O–H groups in total. The van der Waals surface area contributed by atoms with Gasteiger partial charge in [-0.3, -0.25) is 14.9 Å². The van der Waals surface area contributed by atoms with E-state index in [0.29, 0.717) is 17.5 Å². The molecule has 3 rings (SSSR count). The number of carbonyl (C=O) groups excluding carboxylic acids is 1. The number of hydrogen-bond acceptors (Lipinski definition) is 5. The van der Waals surface area contributed by atoms with Crippen molar-refractivity contribution in [2.45, 2.75) is 31.7 Å². The Kier molecular flexibility index (Phi) is 6.61. The molecule has 8 heteroatoms. The lowest BCUT2D eigenvalue weighted by molar-refractivity contribution is -0.385. The van der Waals surface area contributed by atoms with Gasteiger partial charge in [0.15, 0.2) is 5.75 Å². The van der Waals surface area contributed by atoms with E-state index in [4.69, 9.17) is 4.74 Å². The predicted octanol–water partition coefficient (Wildman–Crippen LogP) is 2.63. The number of ether oxygens (including phenoxy) is 1.